The van der Waals surface area contributed by atoms with Crippen molar-refractivity contribution in [1.29, 1.82) is 0 Å². The molecule has 1 aliphatic rings. The van der Waals surface area contributed by atoms with Crippen LogP contribution in [0, 0.1) is 11.8 Å². The molecule has 1 saturated heterocycles. The lowest BCUT2D eigenvalue weighted by Crippen LogP contribution is -2.39. The lowest BCUT2D eigenvalue weighted by atomic mass is 10.0. The van der Waals surface area contributed by atoms with Crippen molar-refractivity contribution in [3.05, 3.63) is 0 Å². The molecule has 0 aromatic carbocycles. The average Bonchev–Trinajstić information content (AvgIpc) is 2.76. The number of amides is 1. The molecule has 0 saturated carbocycles. The quantitative estimate of drug-likeness (QED) is 0.738. The first-order chi connectivity index (χ1) is 8.49. The lowest BCUT2D eigenvalue weighted by molar-refractivity contribution is -0.132. The lowest BCUT2D eigenvalue weighted by Gasteiger charge is -2.27. The third-order valence-corrected chi connectivity index (χ3v) is 3.38. The molecule has 4 heteroatoms. The highest BCUT2D eigenvalue weighted by Crippen LogP contribution is 2.14. The summed E-state index contributed by atoms with van der Waals surface area (Å²) in [4.78, 5) is 16.5. The molecular weight excluding hydrogens is 226 g/mol. The summed E-state index contributed by atoms with van der Waals surface area (Å²) in [5, 5.41) is 3.33. The van der Waals surface area contributed by atoms with E-state index in [-0.39, 0.29) is 0 Å². The molecule has 1 rings (SSSR count). The van der Waals surface area contributed by atoms with Crippen LogP contribution >= 0.6 is 0 Å². The van der Waals surface area contributed by atoms with Crippen LogP contribution in [0.4, 0.5) is 0 Å². The van der Waals surface area contributed by atoms with Crippen LogP contribution < -0.4 is 5.32 Å². The second-order valence-corrected chi connectivity index (χ2v) is 6.10. The molecule has 1 unspecified atom stereocenters. The Morgan fingerprint density at radius 3 is 2.56 bits per heavy atom. The highest BCUT2D eigenvalue weighted by atomic mass is 16.2. The first-order valence-corrected chi connectivity index (χ1v) is 7.12. The van der Waals surface area contributed by atoms with E-state index in [0.29, 0.717) is 24.2 Å². The number of rotatable bonds is 7. The van der Waals surface area contributed by atoms with Crippen LogP contribution in [0.1, 0.15) is 26.7 Å². The Labute approximate surface area is 112 Å². The molecule has 18 heavy (non-hydrogen) atoms. The minimum absolute atomic E-state index is 0.333. The van der Waals surface area contributed by atoms with Crippen LogP contribution in [-0.2, 0) is 4.79 Å². The minimum atomic E-state index is 0.333. The zero-order valence-corrected chi connectivity index (χ0v) is 12.4. The summed E-state index contributed by atoms with van der Waals surface area (Å²) in [6.07, 6.45) is 1.86. The first kappa shape index (κ1) is 15.4. The zero-order chi connectivity index (χ0) is 13.5. The SMILES string of the molecule is CC(C)CN(CCN(C)C)C(=O)CC1CCNC1. The molecule has 0 spiro atoms. The van der Waals surface area contributed by atoms with E-state index in [1.54, 1.807) is 0 Å². The Bertz CT molecular complexity index is 247. The van der Waals surface area contributed by atoms with Gasteiger partial charge in [-0.1, -0.05) is 13.8 Å². The van der Waals surface area contributed by atoms with Gasteiger partial charge < -0.3 is 15.1 Å². The van der Waals surface area contributed by atoms with E-state index in [4.69, 9.17) is 0 Å². The third-order valence-electron chi connectivity index (χ3n) is 3.38. The van der Waals surface area contributed by atoms with E-state index in [9.17, 15) is 4.79 Å². The average molecular weight is 255 g/mol. The van der Waals surface area contributed by atoms with Crippen molar-refractivity contribution in [2.45, 2.75) is 26.7 Å². The summed E-state index contributed by atoms with van der Waals surface area (Å²) in [6, 6.07) is 0. The number of hydrogen-bond donors (Lipinski definition) is 1. The largest absolute Gasteiger partial charge is 0.341 e. The molecule has 0 radical (unpaired) electrons. The zero-order valence-electron chi connectivity index (χ0n) is 12.4. The topological polar surface area (TPSA) is 35.6 Å². The molecule has 1 N–H and O–H groups in total. The maximum Gasteiger partial charge on any atom is 0.222 e. The van der Waals surface area contributed by atoms with E-state index in [1.165, 1.54) is 0 Å². The molecule has 1 aliphatic heterocycles. The normalized spacial score (nSPS) is 19.8. The molecule has 106 valence electrons. The van der Waals surface area contributed by atoms with Gasteiger partial charge in [0.2, 0.25) is 5.91 Å². The number of likely N-dealkylation sites (N-methyl/N-ethyl adjacent to an activating group) is 1. The summed E-state index contributed by atoms with van der Waals surface area (Å²) in [5.41, 5.74) is 0. The predicted octanol–water partition coefficient (Wildman–Crippen LogP) is 1.03. The molecule has 0 aromatic rings. The van der Waals surface area contributed by atoms with Crippen molar-refractivity contribution in [1.82, 2.24) is 15.1 Å². The second kappa shape index (κ2) is 7.74. The highest BCUT2D eigenvalue weighted by Gasteiger charge is 2.22. The van der Waals surface area contributed by atoms with E-state index in [0.717, 1.165) is 39.1 Å². The molecule has 1 atom stereocenters. The molecule has 0 bridgehead atoms. The number of carbonyl (C=O) groups excluding carboxylic acids is 1. The Hall–Kier alpha value is -0.610. The molecule has 1 fully saturated rings. The Morgan fingerprint density at radius 2 is 2.06 bits per heavy atom. The van der Waals surface area contributed by atoms with Crippen molar-refractivity contribution in [2.75, 3.05) is 46.8 Å². The summed E-state index contributed by atoms with van der Waals surface area (Å²) < 4.78 is 0. The van der Waals surface area contributed by atoms with E-state index in [1.807, 2.05) is 4.90 Å². The monoisotopic (exact) mass is 255 g/mol. The van der Waals surface area contributed by atoms with Gasteiger partial charge in [-0.15, -0.1) is 0 Å². The van der Waals surface area contributed by atoms with Crippen LogP contribution in [0.5, 0.6) is 0 Å². The summed E-state index contributed by atoms with van der Waals surface area (Å²) in [6.45, 7) is 9.10. The fourth-order valence-corrected chi connectivity index (χ4v) is 2.34. The van der Waals surface area contributed by atoms with Gasteiger partial charge in [-0.25, -0.2) is 0 Å². The number of carbonyl (C=O) groups is 1. The van der Waals surface area contributed by atoms with Crippen molar-refractivity contribution < 1.29 is 4.79 Å². The van der Waals surface area contributed by atoms with Gasteiger partial charge in [0.15, 0.2) is 0 Å². The van der Waals surface area contributed by atoms with E-state index >= 15 is 0 Å². The number of nitrogens with one attached hydrogen (secondary N) is 1. The fourth-order valence-electron chi connectivity index (χ4n) is 2.34. The standard InChI is InChI=1S/C14H29N3O/c1-12(2)11-17(8-7-16(3)4)14(18)9-13-5-6-15-10-13/h12-13,15H,5-11H2,1-4H3. The second-order valence-electron chi connectivity index (χ2n) is 6.10. The van der Waals surface area contributed by atoms with Gasteiger partial charge in [0.1, 0.15) is 0 Å². The van der Waals surface area contributed by atoms with Crippen LogP contribution in [0.15, 0.2) is 0 Å². The molecular formula is C14H29N3O. The molecule has 1 amide bonds. The third kappa shape index (κ3) is 5.83. The smallest absolute Gasteiger partial charge is 0.222 e. The molecule has 0 aromatic heterocycles. The molecule has 0 aliphatic carbocycles. The first-order valence-electron chi connectivity index (χ1n) is 7.12. The van der Waals surface area contributed by atoms with E-state index < -0.39 is 0 Å². The Kier molecular flexibility index (Phi) is 6.65. The van der Waals surface area contributed by atoms with Crippen LogP contribution in [0.25, 0.3) is 0 Å². The van der Waals surface area contributed by atoms with Crippen molar-refractivity contribution in [3.63, 3.8) is 0 Å². The predicted molar refractivity (Wildman–Crippen MR) is 75.6 cm³/mol. The van der Waals surface area contributed by atoms with E-state index in [2.05, 4.69) is 38.2 Å². The van der Waals surface area contributed by atoms with Gasteiger partial charge in [-0.05, 0) is 45.4 Å². The van der Waals surface area contributed by atoms with Crippen LogP contribution in [-0.4, -0.2) is 62.5 Å². The van der Waals surface area contributed by atoms with Gasteiger partial charge in [0, 0.05) is 26.1 Å². The van der Waals surface area contributed by atoms with Gasteiger partial charge in [-0.2, -0.15) is 0 Å². The van der Waals surface area contributed by atoms with Crippen molar-refractivity contribution in [3.8, 4) is 0 Å². The van der Waals surface area contributed by atoms with Gasteiger partial charge in [0.25, 0.3) is 0 Å². The maximum atomic E-state index is 12.3. The highest BCUT2D eigenvalue weighted by molar-refractivity contribution is 5.76. The van der Waals surface area contributed by atoms with Gasteiger partial charge >= 0.3 is 0 Å². The summed E-state index contributed by atoms with van der Waals surface area (Å²) in [5.74, 6) is 1.42. The van der Waals surface area contributed by atoms with Crippen LogP contribution in [0.2, 0.25) is 0 Å². The Morgan fingerprint density at radius 1 is 1.33 bits per heavy atom. The van der Waals surface area contributed by atoms with Crippen LogP contribution in [0.3, 0.4) is 0 Å². The van der Waals surface area contributed by atoms with Crippen molar-refractivity contribution >= 4 is 5.91 Å². The number of nitrogens with zero attached hydrogens (tertiary/aromatic N) is 2. The number of hydrogen-bond acceptors (Lipinski definition) is 3. The van der Waals surface area contributed by atoms with Gasteiger partial charge in [0.05, 0.1) is 0 Å². The maximum absolute atomic E-state index is 12.3. The van der Waals surface area contributed by atoms with Gasteiger partial charge in [-0.3, -0.25) is 4.79 Å². The summed E-state index contributed by atoms with van der Waals surface area (Å²) in [7, 11) is 4.11. The minimum Gasteiger partial charge on any atom is -0.341 e. The van der Waals surface area contributed by atoms with Crippen molar-refractivity contribution in [2.24, 2.45) is 11.8 Å². The molecule has 1 heterocycles. The molecule has 4 nitrogen and oxygen atoms in total. The Balaban J connectivity index is 2.43. The fraction of sp³-hybridized carbons (Fsp3) is 0.929. The summed E-state index contributed by atoms with van der Waals surface area (Å²) >= 11 is 0.